The molecule has 2 saturated heterocycles. The molecular weight excluding hydrogens is 327 g/mol. The van der Waals surface area contributed by atoms with Crippen LogP contribution in [0.5, 0.6) is 5.75 Å². The second kappa shape index (κ2) is 7.77. The number of halogens is 1. The number of fused-ring (bicyclic) bond motifs is 2. The number of nitrogens with zero attached hydrogens (tertiary/aromatic N) is 1. The minimum Gasteiger partial charge on any atom is -0.508 e. The second-order valence-corrected chi connectivity index (χ2v) is 7.69. The van der Waals surface area contributed by atoms with Crippen molar-refractivity contribution >= 4 is 0 Å². The van der Waals surface area contributed by atoms with E-state index < -0.39 is 0 Å². The van der Waals surface area contributed by atoms with Crippen molar-refractivity contribution in [3.63, 3.8) is 0 Å². The van der Waals surface area contributed by atoms with Crippen LogP contribution in [0.25, 0.3) is 0 Å². The average Bonchev–Trinajstić information content (AvgIpc) is 2.87. The molecule has 138 valence electrons. The maximum Gasteiger partial charge on any atom is 0.123 e. The predicted molar refractivity (Wildman–Crippen MR) is 102 cm³/mol. The zero-order valence-corrected chi connectivity index (χ0v) is 15.1. The highest BCUT2D eigenvalue weighted by Gasteiger charge is 2.40. The van der Waals surface area contributed by atoms with E-state index in [-0.39, 0.29) is 5.82 Å². The number of aromatic hydroxyl groups is 1. The minimum atomic E-state index is -0.181. The highest BCUT2D eigenvalue weighted by molar-refractivity contribution is 5.30. The summed E-state index contributed by atoms with van der Waals surface area (Å²) in [5.74, 6) is 0.769. The van der Waals surface area contributed by atoms with E-state index in [2.05, 4.69) is 16.3 Å². The summed E-state index contributed by atoms with van der Waals surface area (Å²) >= 11 is 0. The molecule has 2 aliphatic heterocycles. The van der Waals surface area contributed by atoms with Crippen LogP contribution in [0.2, 0.25) is 0 Å². The Labute approximate surface area is 154 Å². The number of piperidine rings is 1. The lowest BCUT2D eigenvalue weighted by Crippen LogP contribution is -2.45. The highest BCUT2D eigenvalue weighted by atomic mass is 19.1. The molecule has 3 nitrogen and oxygen atoms in total. The van der Waals surface area contributed by atoms with Crippen LogP contribution in [-0.2, 0) is 6.54 Å². The molecule has 0 radical (unpaired) electrons. The molecule has 2 aromatic rings. The predicted octanol–water partition coefficient (Wildman–Crippen LogP) is 4.03. The van der Waals surface area contributed by atoms with Crippen LogP contribution in [-0.4, -0.2) is 35.2 Å². The summed E-state index contributed by atoms with van der Waals surface area (Å²) in [4.78, 5) is 2.68. The zero-order chi connectivity index (χ0) is 17.9. The Kier molecular flexibility index (Phi) is 5.23. The fraction of sp³-hybridized carbons (Fsp3) is 0.455. The Bertz CT molecular complexity index is 719. The van der Waals surface area contributed by atoms with Crippen molar-refractivity contribution in [2.75, 3.05) is 13.1 Å². The lowest BCUT2D eigenvalue weighted by molar-refractivity contribution is 0.127. The Hall–Kier alpha value is -1.91. The summed E-state index contributed by atoms with van der Waals surface area (Å²) in [5, 5.41) is 13.2. The summed E-state index contributed by atoms with van der Waals surface area (Å²) in [5.41, 5.74) is 2.41. The van der Waals surface area contributed by atoms with Crippen LogP contribution < -0.4 is 5.32 Å². The van der Waals surface area contributed by atoms with Crippen molar-refractivity contribution in [1.29, 1.82) is 0 Å². The van der Waals surface area contributed by atoms with E-state index in [0.717, 1.165) is 25.2 Å². The lowest BCUT2D eigenvalue weighted by Gasteiger charge is -2.39. The van der Waals surface area contributed by atoms with Crippen molar-refractivity contribution < 1.29 is 9.50 Å². The number of phenolic OH excluding ortho intramolecular Hbond substituents is 1. The molecule has 2 atom stereocenters. The van der Waals surface area contributed by atoms with Gasteiger partial charge in [-0.2, -0.15) is 0 Å². The topological polar surface area (TPSA) is 35.5 Å². The first kappa shape index (κ1) is 17.5. The normalized spacial score (nSPS) is 25.5. The van der Waals surface area contributed by atoms with E-state index in [1.165, 1.54) is 43.4 Å². The molecule has 0 saturated carbocycles. The summed E-state index contributed by atoms with van der Waals surface area (Å²) in [6.07, 6.45) is 4.96. The summed E-state index contributed by atoms with van der Waals surface area (Å²) in [6.45, 7) is 2.82. The number of hydrogen-bond donors (Lipinski definition) is 2. The van der Waals surface area contributed by atoms with Gasteiger partial charge in [-0.15, -0.1) is 0 Å². The van der Waals surface area contributed by atoms with Gasteiger partial charge in [0.2, 0.25) is 0 Å². The summed E-state index contributed by atoms with van der Waals surface area (Å²) < 4.78 is 12.9. The second-order valence-electron chi connectivity index (χ2n) is 7.69. The maximum absolute atomic E-state index is 12.9. The standard InChI is InChI=1S/C22H27FN2O/c23-19-6-4-16(5-7-19)15-24-10-11-25-20-8-9-21(25)13-18(12-20)17-2-1-3-22(26)14-17/h1-7,14,18,20-21,24,26H,8-13,15H2. The van der Waals surface area contributed by atoms with Gasteiger partial charge >= 0.3 is 0 Å². The molecule has 0 aromatic heterocycles. The molecule has 4 heteroatoms. The Morgan fingerprint density at radius 3 is 2.46 bits per heavy atom. The Morgan fingerprint density at radius 1 is 1.04 bits per heavy atom. The molecule has 2 aromatic carbocycles. The zero-order valence-electron chi connectivity index (χ0n) is 15.1. The lowest BCUT2D eigenvalue weighted by atomic mass is 9.85. The van der Waals surface area contributed by atoms with Gasteiger partial charge in [0, 0.05) is 31.7 Å². The van der Waals surface area contributed by atoms with Crippen LogP contribution in [0.4, 0.5) is 4.39 Å². The monoisotopic (exact) mass is 354 g/mol. The van der Waals surface area contributed by atoms with Gasteiger partial charge in [0.25, 0.3) is 0 Å². The number of phenols is 1. The van der Waals surface area contributed by atoms with Crippen LogP contribution in [0.3, 0.4) is 0 Å². The number of benzene rings is 2. The molecule has 2 fully saturated rings. The van der Waals surface area contributed by atoms with Gasteiger partial charge in [-0.05, 0) is 67.0 Å². The maximum atomic E-state index is 12.9. The molecular formula is C22H27FN2O. The largest absolute Gasteiger partial charge is 0.508 e. The fourth-order valence-corrected chi connectivity index (χ4v) is 4.73. The molecule has 2 unspecified atom stereocenters. The first-order chi connectivity index (χ1) is 12.7. The van der Waals surface area contributed by atoms with Crippen molar-refractivity contribution in [1.82, 2.24) is 10.2 Å². The van der Waals surface area contributed by atoms with Crippen molar-refractivity contribution in [3.8, 4) is 5.75 Å². The summed E-state index contributed by atoms with van der Waals surface area (Å²) in [6, 6.07) is 15.8. The van der Waals surface area contributed by atoms with E-state index >= 15 is 0 Å². The van der Waals surface area contributed by atoms with Gasteiger partial charge in [-0.25, -0.2) is 4.39 Å². The molecule has 2 aliphatic rings. The molecule has 4 rings (SSSR count). The first-order valence-electron chi connectivity index (χ1n) is 9.69. The third-order valence-electron chi connectivity index (χ3n) is 6.02. The van der Waals surface area contributed by atoms with Gasteiger partial charge in [0.05, 0.1) is 0 Å². The van der Waals surface area contributed by atoms with Gasteiger partial charge in [0.1, 0.15) is 11.6 Å². The Balaban J connectivity index is 1.27. The third kappa shape index (κ3) is 3.92. The molecule has 26 heavy (non-hydrogen) atoms. The molecule has 2 heterocycles. The molecule has 0 amide bonds. The number of hydrogen-bond acceptors (Lipinski definition) is 3. The smallest absolute Gasteiger partial charge is 0.123 e. The quantitative estimate of drug-likeness (QED) is 0.769. The highest BCUT2D eigenvalue weighted by Crippen LogP contribution is 2.43. The van der Waals surface area contributed by atoms with Gasteiger partial charge < -0.3 is 10.4 Å². The van der Waals surface area contributed by atoms with Crippen molar-refractivity contribution in [3.05, 3.63) is 65.5 Å². The average molecular weight is 354 g/mol. The van der Waals surface area contributed by atoms with Gasteiger partial charge in [-0.1, -0.05) is 24.3 Å². The van der Waals surface area contributed by atoms with E-state index in [4.69, 9.17) is 0 Å². The van der Waals surface area contributed by atoms with Crippen molar-refractivity contribution in [2.24, 2.45) is 0 Å². The van der Waals surface area contributed by atoms with E-state index in [1.807, 2.05) is 24.3 Å². The summed E-state index contributed by atoms with van der Waals surface area (Å²) in [7, 11) is 0. The number of nitrogens with one attached hydrogen (secondary N) is 1. The minimum absolute atomic E-state index is 0.181. The van der Waals surface area contributed by atoms with Crippen LogP contribution in [0, 0.1) is 5.82 Å². The van der Waals surface area contributed by atoms with Gasteiger partial charge in [-0.3, -0.25) is 4.90 Å². The SMILES string of the molecule is Oc1cccc(C2CC3CCC(C2)N3CCNCc2ccc(F)cc2)c1. The van der Waals surface area contributed by atoms with Crippen LogP contribution in [0.1, 0.15) is 42.7 Å². The first-order valence-corrected chi connectivity index (χ1v) is 9.69. The van der Waals surface area contributed by atoms with E-state index in [9.17, 15) is 9.50 Å². The molecule has 0 aliphatic carbocycles. The molecule has 0 spiro atoms. The van der Waals surface area contributed by atoms with Gasteiger partial charge in [0.15, 0.2) is 0 Å². The molecule has 2 N–H and O–H groups in total. The van der Waals surface area contributed by atoms with E-state index in [1.54, 1.807) is 6.07 Å². The molecule has 2 bridgehead atoms. The number of rotatable bonds is 6. The van der Waals surface area contributed by atoms with Crippen LogP contribution >= 0.6 is 0 Å². The van der Waals surface area contributed by atoms with Crippen molar-refractivity contribution in [2.45, 2.75) is 50.2 Å². The Morgan fingerprint density at radius 2 is 1.77 bits per heavy atom. The third-order valence-corrected chi connectivity index (χ3v) is 6.02. The fourth-order valence-electron chi connectivity index (χ4n) is 4.73. The van der Waals surface area contributed by atoms with Crippen LogP contribution in [0.15, 0.2) is 48.5 Å². The van der Waals surface area contributed by atoms with E-state index in [0.29, 0.717) is 23.8 Å².